The molecule has 1 saturated heterocycles. The lowest BCUT2D eigenvalue weighted by Gasteiger charge is -2.35. The molecule has 5 nitrogen and oxygen atoms in total. The maximum absolute atomic E-state index is 13.0. The first-order valence-corrected chi connectivity index (χ1v) is 13.0. The van der Waals surface area contributed by atoms with Gasteiger partial charge in [0, 0.05) is 5.75 Å². The summed E-state index contributed by atoms with van der Waals surface area (Å²) < 4.78 is 10.7. The Kier molecular flexibility index (Phi) is 9.86. The number of hydrogen-bond donors (Lipinski definition) is 0. The number of benzene rings is 1. The largest absolute Gasteiger partial charge is 0.469 e. The van der Waals surface area contributed by atoms with Crippen molar-refractivity contribution in [2.24, 2.45) is 17.8 Å². The Morgan fingerprint density at radius 2 is 1.79 bits per heavy atom. The Bertz CT molecular complexity index is 870. The van der Waals surface area contributed by atoms with E-state index in [-0.39, 0.29) is 34.8 Å². The summed E-state index contributed by atoms with van der Waals surface area (Å²) in [6, 6.07) is 9.91. The third-order valence-electron chi connectivity index (χ3n) is 5.80. The second kappa shape index (κ2) is 12.0. The molecule has 0 radical (unpaired) electrons. The van der Waals surface area contributed by atoms with Gasteiger partial charge in [-0.15, -0.1) is 11.8 Å². The number of thioether (sulfide) groups is 1. The summed E-state index contributed by atoms with van der Waals surface area (Å²) in [7, 11) is 1.43. The predicted octanol–water partition coefficient (Wildman–Crippen LogP) is 6.49. The molecule has 0 N–H and O–H groups in total. The highest BCUT2D eigenvalue weighted by molar-refractivity contribution is 8.00. The number of esters is 1. The minimum Gasteiger partial charge on any atom is -0.469 e. The molecule has 1 aromatic rings. The minimum absolute atomic E-state index is 0.0507. The topological polar surface area (TPSA) is 55.8 Å². The van der Waals surface area contributed by atoms with Crippen molar-refractivity contribution in [3.8, 4) is 0 Å². The molecule has 188 valence electrons. The molecule has 1 aromatic carbocycles. The van der Waals surface area contributed by atoms with E-state index in [1.54, 1.807) is 11.8 Å². The first-order valence-electron chi connectivity index (χ1n) is 12.0. The van der Waals surface area contributed by atoms with Gasteiger partial charge in [-0.1, -0.05) is 68.5 Å². The highest BCUT2D eigenvalue weighted by Crippen LogP contribution is 2.40. The van der Waals surface area contributed by atoms with Gasteiger partial charge in [0.1, 0.15) is 5.60 Å². The van der Waals surface area contributed by atoms with E-state index >= 15 is 0 Å². The molecule has 1 amide bonds. The van der Waals surface area contributed by atoms with Gasteiger partial charge in [-0.3, -0.25) is 9.69 Å². The van der Waals surface area contributed by atoms with E-state index in [2.05, 4.69) is 45.9 Å². The molecule has 2 rings (SSSR count). The van der Waals surface area contributed by atoms with Crippen LogP contribution in [0, 0.1) is 17.8 Å². The quantitative estimate of drug-likeness (QED) is 0.310. The summed E-state index contributed by atoms with van der Waals surface area (Å²) in [6.07, 6.45) is 8.64. The monoisotopic (exact) mass is 487 g/mol. The fourth-order valence-corrected chi connectivity index (χ4v) is 5.11. The minimum atomic E-state index is -0.542. The summed E-state index contributed by atoms with van der Waals surface area (Å²) in [6.45, 7) is 14.1. The van der Waals surface area contributed by atoms with Gasteiger partial charge in [-0.2, -0.15) is 0 Å². The lowest BCUT2D eigenvalue weighted by atomic mass is 9.91. The fraction of sp³-hybridized carbons (Fsp3) is 0.571. The molecule has 3 atom stereocenters. The van der Waals surface area contributed by atoms with Crippen molar-refractivity contribution < 1.29 is 19.1 Å². The number of amides is 1. The van der Waals surface area contributed by atoms with Crippen molar-refractivity contribution in [1.29, 1.82) is 0 Å². The smallest absolute Gasteiger partial charge is 0.411 e. The van der Waals surface area contributed by atoms with Crippen LogP contribution in [-0.4, -0.2) is 46.3 Å². The lowest BCUT2D eigenvalue weighted by Crippen LogP contribution is -2.48. The van der Waals surface area contributed by atoms with Crippen LogP contribution in [0.1, 0.15) is 54.0 Å². The number of allylic oxidation sites excluding steroid dienone is 2. The zero-order chi connectivity index (χ0) is 25.5. The molecular weight excluding hydrogens is 446 g/mol. The van der Waals surface area contributed by atoms with E-state index in [1.807, 2.05) is 62.1 Å². The van der Waals surface area contributed by atoms with E-state index in [9.17, 15) is 9.59 Å². The van der Waals surface area contributed by atoms with Crippen LogP contribution in [0.15, 0.2) is 54.6 Å². The molecule has 34 heavy (non-hydrogen) atoms. The molecule has 1 aliphatic rings. The maximum atomic E-state index is 13.0. The van der Waals surface area contributed by atoms with Crippen LogP contribution in [0.5, 0.6) is 0 Å². The molecule has 1 aliphatic heterocycles. The van der Waals surface area contributed by atoms with Crippen molar-refractivity contribution in [3.63, 3.8) is 0 Å². The third kappa shape index (κ3) is 8.23. The van der Waals surface area contributed by atoms with Gasteiger partial charge in [0.25, 0.3) is 0 Å². The van der Waals surface area contributed by atoms with Crippen molar-refractivity contribution in [1.82, 2.24) is 4.90 Å². The molecule has 1 fully saturated rings. The number of carbonyl (C=O) groups excluding carboxylic acids is 2. The SMILES string of the molecule is COC(=O)[C@H](/C=C\[C@@H](/C=C/[C@@H]1CSC(C)(C)N1C(=O)OC(C)(C)C)C(C)C)Cc1ccccc1. The van der Waals surface area contributed by atoms with Gasteiger partial charge >= 0.3 is 12.1 Å². The van der Waals surface area contributed by atoms with E-state index in [0.717, 1.165) is 11.3 Å². The summed E-state index contributed by atoms with van der Waals surface area (Å²) in [5.41, 5.74) is 0.553. The van der Waals surface area contributed by atoms with Crippen molar-refractivity contribution in [3.05, 3.63) is 60.2 Å². The van der Waals surface area contributed by atoms with E-state index < -0.39 is 5.60 Å². The Hall–Kier alpha value is -2.21. The molecule has 0 spiro atoms. The van der Waals surface area contributed by atoms with E-state index in [1.165, 1.54) is 7.11 Å². The van der Waals surface area contributed by atoms with E-state index in [0.29, 0.717) is 12.3 Å². The summed E-state index contributed by atoms with van der Waals surface area (Å²) in [5.74, 6) is 0.686. The van der Waals surface area contributed by atoms with Gasteiger partial charge in [0.15, 0.2) is 0 Å². The maximum Gasteiger partial charge on any atom is 0.411 e. The van der Waals surface area contributed by atoms with Crippen LogP contribution < -0.4 is 0 Å². The van der Waals surface area contributed by atoms with Crippen LogP contribution in [0.25, 0.3) is 0 Å². The number of ether oxygens (including phenoxy) is 2. The average molecular weight is 488 g/mol. The normalized spacial score (nSPS) is 20.1. The van der Waals surface area contributed by atoms with Crippen LogP contribution in [0.2, 0.25) is 0 Å². The summed E-state index contributed by atoms with van der Waals surface area (Å²) in [4.78, 5) is 26.9. The number of methoxy groups -OCH3 is 1. The number of nitrogens with zero attached hydrogens (tertiary/aromatic N) is 1. The van der Waals surface area contributed by atoms with Crippen molar-refractivity contribution >= 4 is 23.8 Å². The van der Waals surface area contributed by atoms with Crippen LogP contribution >= 0.6 is 11.8 Å². The van der Waals surface area contributed by atoms with Gasteiger partial charge in [-0.05, 0) is 58.4 Å². The predicted molar refractivity (Wildman–Crippen MR) is 141 cm³/mol. The molecule has 0 bridgehead atoms. The second-order valence-electron chi connectivity index (χ2n) is 10.6. The third-order valence-corrected chi connectivity index (χ3v) is 7.21. The van der Waals surface area contributed by atoms with E-state index in [4.69, 9.17) is 9.47 Å². The Labute approximate surface area is 210 Å². The van der Waals surface area contributed by atoms with Gasteiger partial charge in [0.2, 0.25) is 0 Å². The second-order valence-corrected chi connectivity index (χ2v) is 12.2. The van der Waals surface area contributed by atoms with Crippen molar-refractivity contribution in [2.45, 2.75) is 71.4 Å². The lowest BCUT2D eigenvalue weighted by molar-refractivity contribution is -0.143. The highest BCUT2D eigenvalue weighted by Gasteiger charge is 2.44. The fourth-order valence-electron chi connectivity index (χ4n) is 3.92. The number of hydrogen-bond acceptors (Lipinski definition) is 5. The first kappa shape index (κ1) is 28.0. The summed E-state index contributed by atoms with van der Waals surface area (Å²) in [5, 5.41) is 0. The molecule has 0 unspecified atom stereocenters. The molecule has 1 heterocycles. The standard InChI is InChI=1S/C28H41NO4S/c1-20(2)22(14-15-23(25(30)32-8)18-21-12-10-9-11-13-21)16-17-24-19-34-28(6,7)29(24)26(31)33-27(3,4)5/h9-17,20,22-24H,18-19H2,1-8H3/b15-14-,17-16+/t22-,23+,24+/m0/s1. The first-order chi connectivity index (χ1) is 15.8. The number of rotatable bonds is 8. The van der Waals surface area contributed by atoms with Crippen molar-refractivity contribution in [2.75, 3.05) is 12.9 Å². The molecule has 0 aliphatic carbocycles. The zero-order valence-corrected chi connectivity index (χ0v) is 22.7. The zero-order valence-electron chi connectivity index (χ0n) is 21.9. The molecular formula is C28H41NO4S. The Morgan fingerprint density at radius 1 is 1.15 bits per heavy atom. The Balaban J connectivity index is 2.20. The van der Waals surface area contributed by atoms with Crippen LogP contribution in [0.3, 0.4) is 0 Å². The highest BCUT2D eigenvalue weighted by atomic mass is 32.2. The average Bonchev–Trinajstić information content (AvgIpc) is 3.05. The van der Waals surface area contributed by atoms with Crippen LogP contribution in [0.4, 0.5) is 4.79 Å². The van der Waals surface area contributed by atoms with Gasteiger partial charge in [0.05, 0.1) is 23.9 Å². The molecule has 0 saturated carbocycles. The molecule has 6 heteroatoms. The number of carbonyl (C=O) groups is 2. The van der Waals surface area contributed by atoms with Gasteiger partial charge < -0.3 is 9.47 Å². The molecule has 0 aromatic heterocycles. The van der Waals surface area contributed by atoms with Crippen LogP contribution in [-0.2, 0) is 20.7 Å². The Morgan fingerprint density at radius 3 is 2.35 bits per heavy atom. The summed E-state index contributed by atoms with van der Waals surface area (Å²) >= 11 is 1.75. The van der Waals surface area contributed by atoms with Gasteiger partial charge in [-0.25, -0.2) is 4.79 Å².